The van der Waals surface area contributed by atoms with Gasteiger partial charge in [0.2, 0.25) is 0 Å². The predicted molar refractivity (Wildman–Crippen MR) is 142 cm³/mol. The monoisotopic (exact) mass is 606 g/mol. The summed E-state index contributed by atoms with van der Waals surface area (Å²) in [4.78, 5) is 19.5. The standard InChI is InChI=1S/C28H35F5N2O5S/c1-25(2,3)40-24(36)26(13-15-35(16-14-26)17-18-39-4)41(37,38)22-8-6-21(7-9-22)23-10-5-20(19-34-23)11-12-27(29,30)28(31,32)33/h5-10,19H,11-18H2,1-4H3. The van der Waals surface area contributed by atoms with Crippen molar-refractivity contribution in [3.8, 4) is 11.3 Å². The third-order valence-corrected chi connectivity index (χ3v) is 9.48. The van der Waals surface area contributed by atoms with Gasteiger partial charge in [0.05, 0.1) is 17.2 Å². The molecule has 2 aromatic rings. The largest absolute Gasteiger partial charge is 0.459 e. The second-order valence-corrected chi connectivity index (χ2v) is 13.4. The number of likely N-dealkylation sites (tertiary alicyclic amines) is 1. The van der Waals surface area contributed by atoms with Gasteiger partial charge in [-0.3, -0.25) is 9.78 Å². The molecule has 13 heteroatoms. The van der Waals surface area contributed by atoms with Crippen LogP contribution in [0.25, 0.3) is 11.3 Å². The van der Waals surface area contributed by atoms with E-state index in [1.54, 1.807) is 27.9 Å². The van der Waals surface area contributed by atoms with Crippen molar-refractivity contribution in [1.29, 1.82) is 0 Å². The van der Waals surface area contributed by atoms with Crippen LogP contribution >= 0.6 is 0 Å². The van der Waals surface area contributed by atoms with Crippen molar-refractivity contribution in [3.05, 3.63) is 48.2 Å². The Bertz CT molecular complexity index is 1280. The number of halogens is 5. The number of piperidine rings is 1. The SMILES string of the molecule is COCCN1CCC(C(=O)OC(C)(C)C)(S(=O)(=O)c2ccc(-c3ccc(CCC(F)(F)C(F)(F)F)cn3)cc2)CC1. The molecule has 0 amide bonds. The van der Waals surface area contributed by atoms with Gasteiger partial charge in [-0.15, -0.1) is 0 Å². The number of hydrogen-bond acceptors (Lipinski definition) is 7. The summed E-state index contributed by atoms with van der Waals surface area (Å²) in [6.45, 7) is 6.83. The van der Waals surface area contributed by atoms with Crippen molar-refractivity contribution < 1.29 is 44.6 Å². The molecule has 0 saturated carbocycles. The summed E-state index contributed by atoms with van der Waals surface area (Å²) in [5.74, 6) is -5.60. The highest BCUT2D eigenvalue weighted by atomic mass is 32.2. The van der Waals surface area contributed by atoms with E-state index in [9.17, 15) is 35.2 Å². The maximum atomic E-state index is 14.0. The molecule has 1 aliphatic heterocycles. The average molecular weight is 607 g/mol. The number of carbonyl (C=O) groups excluding carboxylic acids is 1. The van der Waals surface area contributed by atoms with Gasteiger partial charge in [-0.1, -0.05) is 18.2 Å². The van der Waals surface area contributed by atoms with Crippen LogP contribution < -0.4 is 0 Å². The summed E-state index contributed by atoms with van der Waals surface area (Å²) in [7, 11) is -2.62. The van der Waals surface area contributed by atoms with Crippen LogP contribution in [0.4, 0.5) is 22.0 Å². The Morgan fingerprint density at radius 3 is 2.10 bits per heavy atom. The molecule has 0 radical (unpaired) electrons. The van der Waals surface area contributed by atoms with Crippen LogP contribution in [0.3, 0.4) is 0 Å². The van der Waals surface area contributed by atoms with Gasteiger partial charge in [0.1, 0.15) is 5.60 Å². The molecule has 1 aromatic heterocycles. The van der Waals surface area contributed by atoms with E-state index in [1.165, 1.54) is 42.6 Å². The first-order chi connectivity index (χ1) is 18.9. The molecule has 0 spiro atoms. The number of ether oxygens (including phenoxy) is 2. The van der Waals surface area contributed by atoms with Gasteiger partial charge in [-0.25, -0.2) is 8.42 Å². The number of nitrogens with zero attached hydrogens (tertiary/aromatic N) is 2. The molecular weight excluding hydrogens is 571 g/mol. The van der Waals surface area contributed by atoms with Crippen molar-refractivity contribution in [1.82, 2.24) is 9.88 Å². The van der Waals surface area contributed by atoms with Crippen LogP contribution in [0.5, 0.6) is 0 Å². The van der Waals surface area contributed by atoms with Crippen molar-refractivity contribution in [3.63, 3.8) is 0 Å². The third kappa shape index (κ3) is 7.61. The minimum Gasteiger partial charge on any atom is -0.459 e. The van der Waals surface area contributed by atoms with Crippen molar-refractivity contribution in [2.45, 2.75) is 73.8 Å². The van der Waals surface area contributed by atoms with Gasteiger partial charge in [-0.2, -0.15) is 22.0 Å². The Morgan fingerprint density at radius 1 is 1.00 bits per heavy atom. The van der Waals surface area contributed by atoms with E-state index >= 15 is 0 Å². The smallest absolute Gasteiger partial charge is 0.453 e. The zero-order valence-electron chi connectivity index (χ0n) is 23.4. The van der Waals surface area contributed by atoms with Crippen LogP contribution in [-0.4, -0.2) is 80.1 Å². The summed E-state index contributed by atoms with van der Waals surface area (Å²) in [6, 6.07) is 8.60. The molecule has 41 heavy (non-hydrogen) atoms. The fourth-order valence-corrected chi connectivity index (χ4v) is 6.46. The van der Waals surface area contributed by atoms with Crippen LogP contribution in [0.2, 0.25) is 0 Å². The molecule has 1 saturated heterocycles. The van der Waals surface area contributed by atoms with E-state index in [1.807, 2.05) is 4.90 Å². The molecular formula is C28H35F5N2O5S. The van der Waals surface area contributed by atoms with Crippen LogP contribution in [0.15, 0.2) is 47.5 Å². The van der Waals surface area contributed by atoms with Gasteiger partial charge < -0.3 is 14.4 Å². The lowest BCUT2D eigenvalue weighted by Gasteiger charge is -2.40. The van der Waals surface area contributed by atoms with Crippen LogP contribution in [-0.2, 0) is 30.5 Å². The van der Waals surface area contributed by atoms with E-state index in [0.717, 1.165) is 0 Å². The second kappa shape index (κ2) is 12.3. The number of benzene rings is 1. The molecule has 228 valence electrons. The number of pyridine rings is 1. The van der Waals surface area contributed by atoms with Gasteiger partial charge in [0.25, 0.3) is 0 Å². The van der Waals surface area contributed by atoms with E-state index in [-0.39, 0.29) is 23.3 Å². The fourth-order valence-electron chi connectivity index (χ4n) is 4.53. The van der Waals surface area contributed by atoms with Gasteiger partial charge in [0.15, 0.2) is 14.6 Å². The summed E-state index contributed by atoms with van der Waals surface area (Å²) < 4.78 is 101. The number of sulfone groups is 1. The minimum atomic E-state index is -5.62. The van der Waals surface area contributed by atoms with E-state index < -0.39 is 51.1 Å². The minimum absolute atomic E-state index is 0.0477. The number of aromatic nitrogens is 1. The highest BCUT2D eigenvalue weighted by molar-refractivity contribution is 7.93. The second-order valence-electron chi connectivity index (χ2n) is 11.1. The number of aryl methyl sites for hydroxylation is 1. The highest BCUT2D eigenvalue weighted by Gasteiger charge is 2.57. The Balaban J connectivity index is 1.82. The lowest BCUT2D eigenvalue weighted by molar-refractivity contribution is -0.284. The van der Waals surface area contributed by atoms with E-state index in [0.29, 0.717) is 37.5 Å². The quantitative estimate of drug-likeness (QED) is 0.262. The normalized spacial score (nSPS) is 16.9. The molecule has 2 heterocycles. The first kappa shape index (κ1) is 32.9. The molecule has 3 rings (SSSR count). The maximum Gasteiger partial charge on any atom is 0.453 e. The van der Waals surface area contributed by atoms with Crippen molar-refractivity contribution in [2.75, 3.05) is 33.4 Å². The third-order valence-electron chi connectivity index (χ3n) is 6.99. The van der Waals surface area contributed by atoms with E-state index in [4.69, 9.17) is 9.47 Å². The number of hydrogen-bond donors (Lipinski definition) is 0. The summed E-state index contributed by atoms with van der Waals surface area (Å²) in [5.41, 5.74) is 0.176. The lowest BCUT2D eigenvalue weighted by atomic mass is 9.95. The topological polar surface area (TPSA) is 85.8 Å². The first-order valence-electron chi connectivity index (χ1n) is 13.1. The van der Waals surface area contributed by atoms with Gasteiger partial charge in [-0.05, 0) is 63.8 Å². The van der Waals surface area contributed by atoms with Crippen molar-refractivity contribution >= 4 is 15.8 Å². The molecule has 1 aliphatic rings. The molecule has 0 aliphatic carbocycles. The predicted octanol–water partition coefficient (Wildman–Crippen LogP) is 5.48. The molecule has 1 aromatic carbocycles. The van der Waals surface area contributed by atoms with Crippen molar-refractivity contribution in [2.24, 2.45) is 0 Å². The molecule has 0 unspecified atom stereocenters. The number of carbonyl (C=O) groups is 1. The molecule has 0 bridgehead atoms. The number of rotatable bonds is 10. The zero-order chi connectivity index (χ0) is 30.7. The maximum absolute atomic E-state index is 14.0. The number of alkyl halides is 5. The summed E-state index contributed by atoms with van der Waals surface area (Å²) in [6.07, 6.45) is -6.23. The molecule has 0 N–H and O–H groups in total. The number of methoxy groups -OCH3 is 1. The Labute approximate surface area is 237 Å². The van der Waals surface area contributed by atoms with Gasteiger partial charge in [0, 0.05) is 44.9 Å². The first-order valence-corrected chi connectivity index (χ1v) is 14.6. The fraction of sp³-hybridized carbons (Fsp3) is 0.571. The number of esters is 1. The Hall–Kier alpha value is -2.64. The molecule has 0 atom stereocenters. The Morgan fingerprint density at radius 2 is 1.61 bits per heavy atom. The summed E-state index contributed by atoms with van der Waals surface area (Å²) in [5, 5.41) is 0. The zero-order valence-corrected chi connectivity index (χ0v) is 24.2. The summed E-state index contributed by atoms with van der Waals surface area (Å²) >= 11 is 0. The molecule has 1 fully saturated rings. The highest BCUT2D eigenvalue weighted by Crippen LogP contribution is 2.40. The lowest BCUT2D eigenvalue weighted by Crippen LogP contribution is -2.56. The van der Waals surface area contributed by atoms with Crippen LogP contribution in [0, 0.1) is 0 Å². The molecule has 7 nitrogen and oxygen atoms in total. The average Bonchev–Trinajstić information content (AvgIpc) is 2.89. The van der Waals surface area contributed by atoms with Crippen LogP contribution in [0.1, 0.15) is 45.6 Å². The Kier molecular flexibility index (Phi) is 9.86. The van der Waals surface area contributed by atoms with Gasteiger partial charge >= 0.3 is 18.1 Å². The van der Waals surface area contributed by atoms with E-state index in [2.05, 4.69) is 4.98 Å².